The van der Waals surface area contributed by atoms with E-state index >= 15 is 0 Å². The Morgan fingerprint density at radius 3 is 2.62 bits per heavy atom. The first-order valence-electron chi connectivity index (χ1n) is 10.0. The fourth-order valence-corrected chi connectivity index (χ4v) is 6.57. The van der Waals surface area contributed by atoms with Crippen molar-refractivity contribution in [3.8, 4) is 17.1 Å². The van der Waals surface area contributed by atoms with E-state index in [2.05, 4.69) is 15.1 Å². The number of carbonyl (C=O) groups excluding carboxylic acids is 1. The van der Waals surface area contributed by atoms with Gasteiger partial charge in [0, 0.05) is 31.0 Å². The van der Waals surface area contributed by atoms with Crippen LogP contribution in [0.25, 0.3) is 11.4 Å². The third-order valence-corrected chi connectivity index (χ3v) is 8.61. The van der Waals surface area contributed by atoms with E-state index < -0.39 is 26.3 Å². The summed E-state index contributed by atoms with van der Waals surface area (Å²) in [6, 6.07) is 8.79. The molecule has 32 heavy (non-hydrogen) atoms. The standard InChI is InChI=1S/C21H19FN4O5S/c22-15-1-3-16(4-2-15)30-11-18(27)26-12-21(13-26)17(7-10-32(21,28)29)20-24-19(25-31-20)14-5-8-23-9-6-14/h1-6,8-9,17H,7,10-13H2. The number of halogens is 1. The number of pyridine rings is 1. The van der Waals surface area contributed by atoms with Gasteiger partial charge in [-0.2, -0.15) is 4.98 Å². The van der Waals surface area contributed by atoms with Crippen LogP contribution in [0.5, 0.6) is 5.75 Å². The van der Waals surface area contributed by atoms with E-state index in [0.29, 0.717) is 23.6 Å². The maximum Gasteiger partial charge on any atom is 0.260 e. The fraction of sp³-hybridized carbons (Fsp3) is 0.333. The second-order valence-electron chi connectivity index (χ2n) is 7.91. The second-order valence-corrected chi connectivity index (χ2v) is 10.4. The highest BCUT2D eigenvalue weighted by molar-refractivity contribution is 7.93. The van der Waals surface area contributed by atoms with Crippen LogP contribution in [0.15, 0.2) is 53.3 Å². The molecule has 0 aliphatic carbocycles. The Morgan fingerprint density at radius 1 is 1.19 bits per heavy atom. The molecular formula is C21H19FN4O5S. The summed E-state index contributed by atoms with van der Waals surface area (Å²) in [4.78, 5) is 22.4. The molecule has 1 unspecified atom stereocenters. The summed E-state index contributed by atoms with van der Waals surface area (Å²) >= 11 is 0. The van der Waals surface area contributed by atoms with Crippen molar-refractivity contribution in [2.75, 3.05) is 25.4 Å². The largest absolute Gasteiger partial charge is 0.484 e. The highest BCUT2D eigenvalue weighted by Crippen LogP contribution is 2.49. The predicted molar refractivity (Wildman–Crippen MR) is 110 cm³/mol. The van der Waals surface area contributed by atoms with Gasteiger partial charge >= 0.3 is 0 Å². The van der Waals surface area contributed by atoms with E-state index in [4.69, 9.17) is 9.26 Å². The van der Waals surface area contributed by atoms with Crippen LogP contribution in [0.1, 0.15) is 18.2 Å². The lowest BCUT2D eigenvalue weighted by atomic mass is 9.83. The molecule has 11 heteroatoms. The van der Waals surface area contributed by atoms with Crippen LogP contribution in [-0.4, -0.2) is 64.5 Å². The number of aromatic nitrogens is 3. The molecule has 2 saturated heterocycles. The molecule has 166 valence electrons. The minimum Gasteiger partial charge on any atom is -0.484 e. The van der Waals surface area contributed by atoms with Crippen molar-refractivity contribution in [3.05, 3.63) is 60.5 Å². The van der Waals surface area contributed by atoms with Crippen LogP contribution in [-0.2, 0) is 14.6 Å². The third kappa shape index (κ3) is 3.42. The summed E-state index contributed by atoms with van der Waals surface area (Å²) in [6.07, 6.45) is 3.57. The van der Waals surface area contributed by atoms with Gasteiger partial charge in [0.15, 0.2) is 16.4 Å². The van der Waals surface area contributed by atoms with E-state index in [1.807, 2.05) is 0 Å². The zero-order valence-electron chi connectivity index (χ0n) is 16.8. The summed E-state index contributed by atoms with van der Waals surface area (Å²) in [5.74, 6) is -0.260. The minimum absolute atomic E-state index is 0.00124. The molecule has 2 aromatic heterocycles. The fourth-order valence-electron chi connectivity index (χ4n) is 4.26. The number of benzene rings is 1. The van der Waals surface area contributed by atoms with Crippen LogP contribution in [0.4, 0.5) is 4.39 Å². The number of hydrogen-bond acceptors (Lipinski definition) is 8. The molecule has 0 saturated carbocycles. The van der Waals surface area contributed by atoms with Gasteiger partial charge in [-0.15, -0.1) is 0 Å². The quantitative estimate of drug-likeness (QED) is 0.569. The number of likely N-dealkylation sites (tertiary alicyclic amines) is 1. The van der Waals surface area contributed by atoms with Crippen molar-refractivity contribution < 1.29 is 26.9 Å². The predicted octanol–water partition coefficient (Wildman–Crippen LogP) is 1.83. The monoisotopic (exact) mass is 458 g/mol. The average Bonchev–Trinajstić information content (AvgIpc) is 3.35. The van der Waals surface area contributed by atoms with Gasteiger partial charge in [0.2, 0.25) is 11.7 Å². The molecule has 0 bridgehead atoms. The average molecular weight is 458 g/mol. The van der Waals surface area contributed by atoms with Crippen molar-refractivity contribution in [1.82, 2.24) is 20.0 Å². The van der Waals surface area contributed by atoms with Crippen molar-refractivity contribution in [1.29, 1.82) is 0 Å². The van der Waals surface area contributed by atoms with Crippen LogP contribution in [0.3, 0.4) is 0 Å². The molecule has 4 heterocycles. The van der Waals surface area contributed by atoms with Crippen molar-refractivity contribution in [3.63, 3.8) is 0 Å². The van der Waals surface area contributed by atoms with Gasteiger partial charge in [-0.05, 0) is 42.8 Å². The molecule has 1 amide bonds. The first kappa shape index (κ1) is 20.6. The Hall–Kier alpha value is -3.34. The number of rotatable bonds is 5. The van der Waals surface area contributed by atoms with Gasteiger partial charge < -0.3 is 14.2 Å². The van der Waals surface area contributed by atoms with E-state index in [0.717, 1.165) is 0 Å². The highest BCUT2D eigenvalue weighted by atomic mass is 32.2. The number of ether oxygens (including phenoxy) is 1. The topological polar surface area (TPSA) is 115 Å². The lowest BCUT2D eigenvalue weighted by molar-refractivity contribution is -0.139. The summed E-state index contributed by atoms with van der Waals surface area (Å²) in [5.41, 5.74) is 0.716. The Balaban J connectivity index is 1.29. The maximum atomic E-state index is 13.0. The van der Waals surface area contributed by atoms with E-state index in [9.17, 15) is 17.6 Å². The molecular weight excluding hydrogens is 439 g/mol. The summed E-state index contributed by atoms with van der Waals surface area (Å²) in [6.45, 7) is -0.184. The van der Waals surface area contributed by atoms with E-state index in [1.165, 1.54) is 29.2 Å². The van der Waals surface area contributed by atoms with Crippen LogP contribution in [0.2, 0.25) is 0 Å². The van der Waals surface area contributed by atoms with Gasteiger partial charge in [0.05, 0.1) is 11.7 Å². The highest BCUT2D eigenvalue weighted by Gasteiger charge is 2.64. The molecule has 2 aliphatic rings. The van der Waals surface area contributed by atoms with E-state index in [1.54, 1.807) is 24.5 Å². The number of hydrogen-bond donors (Lipinski definition) is 0. The zero-order valence-corrected chi connectivity index (χ0v) is 17.7. The zero-order chi connectivity index (χ0) is 22.3. The van der Waals surface area contributed by atoms with Crippen LogP contribution >= 0.6 is 0 Å². The Morgan fingerprint density at radius 2 is 1.91 bits per heavy atom. The van der Waals surface area contributed by atoms with Crippen LogP contribution in [0, 0.1) is 5.82 Å². The maximum absolute atomic E-state index is 13.0. The van der Waals surface area contributed by atoms with Crippen molar-refractivity contribution in [2.45, 2.75) is 17.1 Å². The molecule has 1 aromatic carbocycles. The molecule has 2 fully saturated rings. The first-order valence-corrected chi connectivity index (χ1v) is 11.7. The summed E-state index contributed by atoms with van der Waals surface area (Å²) < 4.78 is 48.5. The molecule has 0 N–H and O–H groups in total. The number of nitrogens with zero attached hydrogens (tertiary/aromatic N) is 4. The molecule has 9 nitrogen and oxygen atoms in total. The minimum atomic E-state index is -3.46. The normalized spacial score (nSPS) is 20.8. The van der Waals surface area contributed by atoms with Gasteiger partial charge in [0.1, 0.15) is 16.3 Å². The number of amides is 1. The lowest BCUT2D eigenvalue weighted by Gasteiger charge is -2.48. The Bertz CT molecular complexity index is 1240. The van der Waals surface area contributed by atoms with E-state index in [-0.39, 0.29) is 37.2 Å². The molecule has 1 atom stereocenters. The van der Waals surface area contributed by atoms with Gasteiger partial charge in [-0.3, -0.25) is 9.78 Å². The van der Waals surface area contributed by atoms with Gasteiger partial charge in [-0.1, -0.05) is 5.16 Å². The summed E-state index contributed by atoms with van der Waals surface area (Å²) in [7, 11) is -3.46. The lowest BCUT2D eigenvalue weighted by Crippen LogP contribution is -2.68. The van der Waals surface area contributed by atoms with Crippen LogP contribution < -0.4 is 4.74 Å². The van der Waals surface area contributed by atoms with Gasteiger partial charge in [-0.25, -0.2) is 12.8 Å². The molecule has 2 aliphatic heterocycles. The Labute approximate surface area is 183 Å². The van der Waals surface area contributed by atoms with Gasteiger partial charge in [0.25, 0.3) is 5.91 Å². The van der Waals surface area contributed by atoms with Crippen molar-refractivity contribution in [2.24, 2.45) is 0 Å². The number of sulfone groups is 1. The molecule has 5 rings (SSSR count). The SMILES string of the molecule is O=C(COc1ccc(F)cc1)N1CC2(C1)C(c1nc(-c3ccncc3)no1)CCS2(=O)=O. The third-order valence-electron chi connectivity index (χ3n) is 6.05. The second kappa shape index (κ2) is 7.66. The smallest absolute Gasteiger partial charge is 0.260 e. The first-order chi connectivity index (χ1) is 15.4. The number of carbonyl (C=O) groups is 1. The molecule has 0 radical (unpaired) electrons. The van der Waals surface area contributed by atoms with Crippen molar-refractivity contribution >= 4 is 15.7 Å². The Kier molecular flexibility index (Phi) is 4.92. The summed E-state index contributed by atoms with van der Waals surface area (Å²) in [5, 5.41) is 3.99. The molecule has 1 spiro atoms. The molecule has 3 aromatic rings.